The Labute approximate surface area is 334 Å². The highest BCUT2D eigenvalue weighted by Gasteiger charge is 2.44. The average molecular weight is 782 g/mol. The fourth-order valence-electron chi connectivity index (χ4n) is 7.05. The molecule has 0 radical (unpaired) electrons. The molecule has 2 aliphatic heterocycles. The summed E-state index contributed by atoms with van der Waals surface area (Å²) in [6.07, 6.45) is 11.1. The van der Waals surface area contributed by atoms with E-state index in [9.17, 15) is 14.3 Å². The van der Waals surface area contributed by atoms with Crippen LogP contribution in [-0.2, 0) is 16.1 Å². The number of anilines is 1. The second-order valence-electron chi connectivity index (χ2n) is 13.9. The SMILES string of the molecule is C=CN=C(c1ccc(F)c(CO)c1)c1cc(NC(=O)C2(SCC)CCN(CCOCN3CCC=C(c4ccc(C(=C)N=CC=CC)cc4F)CC3)C2)ccc1C. The van der Waals surface area contributed by atoms with Crippen LogP contribution in [0.25, 0.3) is 11.3 Å². The van der Waals surface area contributed by atoms with Gasteiger partial charge in [-0.1, -0.05) is 50.4 Å². The monoisotopic (exact) mass is 781 g/mol. The molecule has 3 aromatic carbocycles. The molecule has 0 aromatic heterocycles. The van der Waals surface area contributed by atoms with Crippen LogP contribution in [0.2, 0.25) is 0 Å². The first-order valence-corrected chi connectivity index (χ1v) is 20.1. The quantitative estimate of drug-likeness (QED) is 0.105. The van der Waals surface area contributed by atoms with Crippen LogP contribution in [0.1, 0.15) is 66.5 Å². The number of nitrogens with one attached hydrogen (secondary N) is 1. The summed E-state index contributed by atoms with van der Waals surface area (Å²) in [5.74, 6) is -0.00652. The van der Waals surface area contributed by atoms with Crippen molar-refractivity contribution in [2.75, 3.05) is 57.1 Å². The number of allylic oxidation sites excluding steroid dienone is 2. The summed E-state index contributed by atoms with van der Waals surface area (Å²) in [5.41, 5.74) is 6.50. The van der Waals surface area contributed by atoms with Crippen molar-refractivity contribution in [3.8, 4) is 0 Å². The lowest BCUT2D eigenvalue weighted by molar-refractivity contribution is -0.118. The van der Waals surface area contributed by atoms with Gasteiger partial charge in [-0.05, 0) is 92.5 Å². The van der Waals surface area contributed by atoms with E-state index in [1.54, 1.807) is 30.1 Å². The number of benzene rings is 3. The number of aliphatic imine (C=N–C) groups is 2. The van der Waals surface area contributed by atoms with E-state index in [1.807, 2.05) is 56.3 Å². The fourth-order valence-corrected chi connectivity index (χ4v) is 8.30. The van der Waals surface area contributed by atoms with E-state index in [0.29, 0.717) is 66.6 Å². The maximum atomic E-state index is 15.2. The molecule has 1 saturated heterocycles. The van der Waals surface area contributed by atoms with E-state index in [2.05, 4.69) is 51.3 Å². The van der Waals surface area contributed by atoms with Gasteiger partial charge in [0.05, 0.1) is 31.4 Å². The Bertz CT molecular complexity index is 2010. The maximum absolute atomic E-state index is 15.2. The van der Waals surface area contributed by atoms with E-state index in [4.69, 9.17) is 4.74 Å². The van der Waals surface area contributed by atoms with Gasteiger partial charge in [-0.2, -0.15) is 0 Å². The van der Waals surface area contributed by atoms with E-state index in [-0.39, 0.29) is 17.3 Å². The van der Waals surface area contributed by atoms with Gasteiger partial charge in [0.2, 0.25) is 5.91 Å². The van der Waals surface area contributed by atoms with Gasteiger partial charge in [0.15, 0.2) is 0 Å². The number of rotatable bonds is 17. The molecule has 0 bridgehead atoms. The zero-order valence-electron chi connectivity index (χ0n) is 32.7. The van der Waals surface area contributed by atoms with Crippen molar-refractivity contribution in [1.29, 1.82) is 0 Å². The second-order valence-corrected chi connectivity index (χ2v) is 15.6. The van der Waals surface area contributed by atoms with Crippen LogP contribution < -0.4 is 5.32 Å². The Kier molecular flexibility index (Phi) is 15.7. The van der Waals surface area contributed by atoms with Crippen molar-refractivity contribution in [3.05, 3.63) is 137 Å². The molecule has 3 aromatic rings. The van der Waals surface area contributed by atoms with E-state index in [1.165, 1.54) is 18.3 Å². The molecule has 2 N–H and O–H groups in total. The highest BCUT2D eigenvalue weighted by molar-refractivity contribution is 8.01. The third-order valence-electron chi connectivity index (χ3n) is 10.1. The van der Waals surface area contributed by atoms with Crippen molar-refractivity contribution in [1.82, 2.24) is 9.80 Å². The molecule has 0 saturated carbocycles. The number of carbonyl (C=O) groups is 1. The summed E-state index contributed by atoms with van der Waals surface area (Å²) in [6.45, 7) is 17.9. The molecule has 2 aliphatic rings. The van der Waals surface area contributed by atoms with Gasteiger partial charge in [-0.3, -0.25) is 24.6 Å². The topological polar surface area (TPSA) is 89.8 Å². The van der Waals surface area contributed by atoms with Crippen LogP contribution >= 0.6 is 11.8 Å². The van der Waals surface area contributed by atoms with Crippen molar-refractivity contribution < 1.29 is 23.4 Å². The number of nitrogens with zero attached hydrogens (tertiary/aromatic N) is 4. The van der Waals surface area contributed by atoms with Gasteiger partial charge in [-0.25, -0.2) is 8.78 Å². The molecule has 56 heavy (non-hydrogen) atoms. The molecule has 296 valence electrons. The Morgan fingerprint density at radius 3 is 2.64 bits per heavy atom. The minimum absolute atomic E-state index is 0.0455. The molecule has 1 unspecified atom stereocenters. The van der Waals surface area contributed by atoms with Gasteiger partial charge in [-0.15, -0.1) is 11.8 Å². The fraction of sp³-hybridized carbons (Fsp3) is 0.356. The number of amides is 1. The Morgan fingerprint density at radius 1 is 1.07 bits per heavy atom. The highest BCUT2D eigenvalue weighted by atomic mass is 32.2. The third kappa shape index (κ3) is 10.9. The van der Waals surface area contributed by atoms with Crippen LogP contribution in [0, 0.1) is 18.6 Å². The highest BCUT2D eigenvalue weighted by Crippen LogP contribution is 2.37. The Hall–Kier alpha value is -4.52. The van der Waals surface area contributed by atoms with E-state index < -0.39 is 17.2 Å². The first-order valence-electron chi connectivity index (χ1n) is 19.1. The van der Waals surface area contributed by atoms with Gasteiger partial charge in [0, 0.05) is 78.6 Å². The van der Waals surface area contributed by atoms with Crippen LogP contribution in [-0.4, -0.2) is 89.3 Å². The number of ether oxygens (including phenoxy) is 1. The van der Waals surface area contributed by atoms with Crippen LogP contribution in [0.15, 0.2) is 102 Å². The number of aryl methyl sites for hydroxylation is 1. The van der Waals surface area contributed by atoms with Gasteiger partial charge in [0.1, 0.15) is 16.4 Å². The van der Waals surface area contributed by atoms with Gasteiger partial charge in [0.25, 0.3) is 0 Å². The minimum atomic E-state index is -0.613. The van der Waals surface area contributed by atoms with Crippen LogP contribution in [0.5, 0.6) is 0 Å². The average Bonchev–Trinajstić information content (AvgIpc) is 3.47. The summed E-state index contributed by atoms with van der Waals surface area (Å²) in [4.78, 5) is 27.3. The largest absolute Gasteiger partial charge is 0.392 e. The molecule has 0 spiro atoms. The normalized spacial score (nSPS) is 18.4. The number of aliphatic hydroxyl groups excluding tert-OH is 1. The molecule has 0 aliphatic carbocycles. The lowest BCUT2D eigenvalue weighted by Gasteiger charge is -2.28. The minimum Gasteiger partial charge on any atom is -0.392 e. The number of halogens is 2. The smallest absolute Gasteiger partial charge is 0.241 e. The number of hydrogen-bond donors (Lipinski definition) is 2. The zero-order valence-corrected chi connectivity index (χ0v) is 33.5. The number of likely N-dealkylation sites (tertiary alicyclic amines) is 1. The molecule has 5 rings (SSSR count). The lowest BCUT2D eigenvalue weighted by Crippen LogP contribution is -2.43. The van der Waals surface area contributed by atoms with E-state index in [0.717, 1.165) is 54.9 Å². The zero-order chi connectivity index (χ0) is 40.1. The Morgan fingerprint density at radius 2 is 1.89 bits per heavy atom. The third-order valence-corrected chi connectivity index (χ3v) is 11.5. The second kappa shape index (κ2) is 20.6. The molecule has 11 heteroatoms. The number of aliphatic hydroxyl groups is 1. The van der Waals surface area contributed by atoms with Crippen molar-refractivity contribution in [2.24, 2.45) is 9.98 Å². The lowest BCUT2D eigenvalue weighted by atomic mass is 9.96. The molecule has 1 fully saturated rings. The number of hydrogen-bond acceptors (Lipinski definition) is 8. The van der Waals surface area contributed by atoms with E-state index >= 15 is 4.39 Å². The first kappa shape index (κ1) is 42.6. The summed E-state index contributed by atoms with van der Waals surface area (Å²) in [7, 11) is 0. The maximum Gasteiger partial charge on any atom is 0.241 e. The standard InChI is InChI=1S/C45H53F2N5O3S/c1-6-9-20-49-33(5)35-13-16-39(42(47)27-35)34-11-10-21-52(22-18-34)31-55-25-24-51-23-19-45(30-51,56-8-3)44(54)50-38-15-12-32(4)40(28-38)43(48-7-2)36-14-17-41(46)37(26-36)29-53/h6-7,9,11-17,20,26-28,53H,2,5,8,10,18-19,21-25,29-31H2,1,3-4H3,(H,50,54). The Balaban J connectivity index is 1.13. The molecular weight excluding hydrogens is 729 g/mol. The number of carbonyl (C=O) groups excluding carboxylic acids is 1. The van der Waals surface area contributed by atoms with Crippen LogP contribution in [0.3, 0.4) is 0 Å². The predicted molar refractivity (Wildman–Crippen MR) is 228 cm³/mol. The van der Waals surface area contributed by atoms with Crippen molar-refractivity contribution >= 4 is 46.6 Å². The number of thioether (sulfide) groups is 1. The molecule has 1 amide bonds. The van der Waals surface area contributed by atoms with Gasteiger partial charge < -0.3 is 15.2 Å². The molecule has 2 heterocycles. The van der Waals surface area contributed by atoms with Crippen molar-refractivity contribution in [3.63, 3.8) is 0 Å². The predicted octanol–water partition coefficient (Wildman–Crippen LogP) is 8.65. The molecular formula is C45H53F2N5O3S. The first-order chi connectivity index (χ1) is 27.1. The van der Waals surface area contributed by atoms with Crippen LogP contribution in [0.4, 0.5) is 14.5 Å². The summed E-state index contributed by atoms with van der Waals surface area (Å²) < 4.78 is 34.9. The van der Waals surface area contributed by atoms with Crippen molar-refractivity contribution in [2.45, 2.75) is 51.4 Å². The summed E-state index contributed by atoms with van der Waals surface area (Å²) in [6, 6.07) is 15.4. The summed E-state index contributed by atoms with van der Waals surface area (Å²) >= 11 is 1.67. The van der Waals surface area contributed by atoms with Gasteiger partial charge >= 0.3 is 0 Å². The molecule has 8 nitrogen and oxygen atoms in total. The molecule has 1 atom stereocenters. The summed E-state index contributed by atoms with van der Waals surface area (Å²) in [5, 5.41) is 12.8.